The van der Waals surface area contributed by atoms with E-state index in [0.29, 0.717) is 17.0 Å². The molecule has 0 spiro atoms. The highest BCUT2D eigenvalue weighted by molar-refractivity contribution is 6.31. The Hall–Kier alpha value is -2.30. The molecule has 0 unspecified atom stereocenters. The molecule has 136 valence electrons. The van der Waals surface area contributed by atoms with Crippen LogP contribution in [0.2, 0.25) is 5.02 Å². The van der Waals surface area contributed by atoms with Crippen molar-refractivity contribution in [2.45, 2.75) is 13.8 Å². The number of nitrogens with zero attached hydrogens (tertiary/aromatic N) is 2. The summed E-state index contributed by atoms with van der Waals surface area (Å²) in [7, 11) is 0. The van der Waals surface area contributed by atoms with Crippen molar-refractivity contribution in [1.82, 2.24) is 4.90 Å². The van der Waals surface area contributed by atoms with E-state index >= 15 is 0 Å². The van der Waals surface area contributed by atoms with Crippen molar-refractivity contribution in [3.8, 4) is 11.3 Å². The molecule has 3 aromatic rings. The molecule has 26 heavy (non-hydrogen) atoms. The zero-order valence-corrected chi connectivity index (χ0v) is 15.9. The Morgan fingerprint density at radius 2 is 1.81 bits per heavy atom. The highest BCUT2D eigenvalue weighted by Crippen LogP contribution is 2.23. The number of likely N-dealkylation sites (N-methyl/N-ethyl adjacent to an activating group) is 1. The summed E-state index contributed by atoms with van der Waals surface area (Å²) in [5.41, 5.74) is 1.71. The summed E-state index contributed by atoms with van der Waals surface area (Å²) >= 11 is 6.16. The third kappa shape index (κ3) is 4.45. The smallest absolute Gasteiger partial charge is 0.137 e. The topological polar surface area (TPSA) is 38.0 Å². The fourth-order valence-electron chi connectivity index (χ4n) is 2.79. The summed E-state index contributed by atoms with van der Waals surface area (Å²) in [6, 6.07) is 17.4. The lowest BCUT2D eigenvalue weighted by Crippen LogP contribution is -2.26. The third-order valence-corrected chi connectivity index (χ3v) is 4.55. The van der Waals surface area contributed by atoms with Crippen molar-refractivity contribution in [2.75, 3.05) is 26.2 Å². The van der Waals surface area contributed by atoms with Crippen molar-refractivity contribution in [1.29, 1.82) is 0 Å². The van der Waals surface area contributed by atoms with Gasteiger partial charge in [-0.15, -0.1) is 0 Å². The van der Waals surface area contributed by atoms with Crippen LogP contribution in [0.5, 0.6) is 0 Å². The standard InChI is InChI=1S/C21H23ClN2O2/c1-3-24(4-2)12-13-25-23-19-15-21(16-8-6-5-7-9-16)26-20-11-10-17(22)14-18(19)20/h5-11,14-15H,3-4,12-13H2,1-2H3/b23-19-. The first-order valence-corrected chi connectivity index (χ1v) is 9.26. The summed E-state index contributed by atoms with van der Waals surface area (Å²) < 4.78 is 6.04. The molecule has 0 bridgehead atoms. The largest absolute Gasteiger partial charge is 0.456 e. The lowest BCUT2D eigenvalue weighted by molar-refractivity contribution is 0.106. The van der Waals surface area contributed by atoms with Gasteiger partial charge >= 0.3 is 0 Å². The van der Waals surface area contributed by atoms with Crippen LogP contribution in [0, 0.1) is 0 Å². The molecule has 4 nitrogen and oxygen atoms in total. The van der Waals surface area contributed by atoms with Crippen molar-refractivity contribution >= 4 is 22.6 Å². The Morgan fingerprint density at radius 1 is 1.04 bits per heavy atom. The summed E-state index contributed by atoms with van der Waals surface area (Å²) in [5, 5.41) is 6.54. The SMILES string of the molecule is CCN(CC)CCO/N=c1/cc(-c2ccccc2)oc2ccc(Cl)cc12. The monoisotopic (exact) mass is 370 g/mol. The van der Waals surface area contributed by atoms with Crippen LogP contribution in [0.4, 0.5) is 0 Å². The van der Waals surface area contributed by atoms with Crippen LogP contribution >= 0.6 is 11.6 Å². The number of halogens is 1. The minimum atomic E-state index is 0.538. The summed E-state index contributed by atoms with van der Waals surface area (Å²) in [6.45, 7) is 7.66. The summed E-state index contributed by atoms with van der Waals surface area (Å²) in [4.78, 5) is 7.88. The van der Waals surface area contributed by atoms with Crippen molar-refractivity contribution in [3.05, 3.63) is 65.0 Å². The normalized spacial score (nSPS) is 12.1. The van der Waals surface area contributed by atoms with Crippen molar-refractivity contribution in [2.24, 2.45) is 5.16 Å². The van der Waals surface area contributed by atoms with E-state index in [2.05, 4.69) is 23.9 Å². The molecule has 3 rings (SSSR count). The van der Waals surface area contributed by atoms with Gasteiger partial charge in [0.15, 0.2) is 0 Å². The molecule has 2 aromatic carbocycles. The van der Waals surface area contributed by atoms with Gasteiger partial charge < -0.3 is 14.2 Å². The van der Waals surface area contributed by atoms with Crippen LogP contribution in [-0.4, -0.2) is 31.1 Å². The number of benzene rings is 2. The van der Waals surface area contributed by atoms with E-state index in [1.165, 1.54) is 0 Å². The first-order valence-electron chi connectivity index (χ1n) is 8.88. The van der Waals surface area contributed by atoms with Gasteiger partial charge in [-0.05, 0) is 31.3 Å². The van der Waals surface area contributed by atoms with Gasteiger partial charge in [-0.2, -0.15) is 0 Å². The van der Waals surface area contributed by atoms with Crippen LogP contribution in [0.3, 0.4) is 0 Å². The first kappa shape index (κ1) is 18.5. The maximum atomic E-state index is 6.16. The van der Waals surface area contributed by atoms with Gasteiger partial charge in [0.2, 0.25) is 0 Å². The molecule has 0 aliphatic heterocycles. The van der Waals surface area contributed by atoms with Crippen molar-refractivity contribution in [3.63, 3.8) is 0 Å². The molecule has 0 amide bonds. The minimum Gasteiger partial charge on any atom is -0.456 e. The maximum absolute atomic E-state index is 6.16. The van der Waals surface area contributed by atoms with E-state index in [4.69, 9.17) is 20.9 Å². The molecule has 0 aliphatic rings. The molecule has 0 saturated carbocycles. The number of hydrogen-bond donors (Lipinski definition) is 0. The van der Waals surface area contributed by atoms with E-state index in [9.17, 15) is 0 Å². The Kier molecular flexibility index (Phi) is 6.31. The van der Waals surface area contributed by atoms with Gasteiger partial charge in [0.05, 0.1) is 0 Å². The van der Waals surface area contributed by atoms with Gasteiger partial charge in [0, 0.05) is 28.6 Å². The van der Waals surface area contributed by atoms with E-state index in [-0.39, 0.29) is 0 Å². The molecular formula is C21H23ClN2O2. The molecule has 0 fully saturated rings. The zero-order chi connectivity index (χ0) is 18.4. The molecule has 5 heteroatoms. The zero-order valence-electron chi connectivity index (χ0n) is 15.1. The lowest BCUT2D eigenvalue weighted by Gasteiger charge is -2.16. The second-order valence-corrected chi connectivity index (χ2v) is 6.39. The predicted octanol–water partition coefficient (Wildman–Crippen LogP) is 4.93. The highest BCUT2D eigenvalue weighted by Gasteiger charge is 2.07. The lowest BCUT2D eigenvalue weighted by atomic mass is 10.1. The van der Waals surface area contributed by atoms with Crippen LogP contribution < -0.4 is 5.36 Å². The van der Waals surface area contributed by atoms with Gasteiger partial charge in [-0.1, -0.05) is 60.9 Å². The van der Waals surface area contributed by atoms with Gasteiger partial charge in [-0.3, -0.25) is 0 Å². The number of fused-ring (bicyclic) bond motifs is 1. The van der Waals surface area contributed by atoms with Gasteiger partial charge in [0.1, 0.15) is 23.3 Å². The fraction of sp³-hybridized carbons (Fsp3) is 0.286. The molecular weight excluding hydrogens is 348 g/mol. The van der Waals surface area contributed by atoms with Crippen molar-refractivity contribution < 1.29 is 9.25 Å². The van der Waals surface area contributed by atoms with E-state index in [1.54, 1.807) is 0 Å². The predicted molar refractivity (Wildman–Crippen MR) is 106 cm³/mol. The Morgan fingerprint density at radius 3 is 2.54 bits per heavy atom. The Balaban J connectivity index is 1.96. The molecule has 0 saturated heterocycles. The molecule has 0 aliphatic carbocycles. The van der Waals surface area contributed by atoms with Crippen LogP contribution in [0.15, 0.2) is 64.2 Å². The van der Waals surface area contributed by atoms with E-state index < -0.39 is 0 Å². The van der Waals surface area contributed by atoms with Gasteiger partial charge in [0.25, 0.3) is 0 Å². The summed E-state index contributed by atoms with van der Waals surface area (Å²) in [5.74, 6) is 0.742. The second-order valence-electron chi connectivity index (χ2n) is 5.95. The molecule has 0 atom stereocenters. The van der Waals surface area contributed by atoms with Crippen LogP contribution in [0.25, 0.3) is 22.3 Å². The number of rotatable bonds is 7. The van der Waals surface area contributed by atoms with Crippen LogP contribution in [0.1, 0.15) is 13.8 Å². The first-order chi connectivity index (χ1) is 12.7. The second kappa shape index (κ2) is 8.88. The number of hydrogen-bond acceptors (Lipinski definition) is 4. The average Bonchev–Trinajstić information content (AvgIpc) is 2.68. The Labute approximate surface area is 158 Å². The molecule has 0 N–H and O–H groups in total. The quantitative estimate of drug-likeness (QED) is 0.437. The average molecular weight is 371 g/mol. The molecule has 1 heterocycles. The van der Waals surface area contributed by atoms with E-state index in [0.717, 1.165) is 41.9 Å². The van der Waals surface area contributed by atoms with Gasteiger partial charge in [-0.25, -0.2) is 0 Å². The maximum Gasteiger partial charge on any atom is 0.137 e. The Bertz CT molecular complexity index is 918. The van der Waals surface area contributed by atoms with E-state index in [1.807, 2.05) is 54.6 Å². The minimum absolute atomic E-state index is 0.538. The third-order valence-electron chi connectivity index (χ3n) is 4.32. The molecule has 1 aromatic heterocycles. The molecule has 0 radical (unpaired) electrons. The summed E-state index contributed by atoms with van der Waals surface area (Å²) in [6.07, 6.45) is 0. The van der Waals surface area contributed by atoms with Crippen LogP contribution in [-0.2, 0) is 4.84 Å². The highest BCUT2D eigenvalue weighted by atomic mass is 35.5. The fourth-order valence-corrected chi connectivity index (χ4v) is 2.96.